The number of rotatable bonds is 4. The summed E-state index contributed by atoms with van der Waals surface area (Å²) in [6.45, 7) is 8.09. The summed E-state index contributed by atoms with van der Waals surface area (Å²) in [5.74, 6) is 2.21. The Labute approximate surface area is 201 Å². The van der Waals surface area contributed by atoms with Crippen LogP contribution in [0.2, 0.25) is 0 Å². The maximum absolute atomic E-state index is 12.6. The molecule has 2 N–H and O–H groups in total. The number of nitrogens with one attached hydrogen (secondary N) is 2. The first-order chi connectivity index (χ1) is 16.4. The lowest BCUT2D eigenvalue weighted by Crippen LogP contribution is -2.58. The van der Waals surface area contributed by atoms with Crippen LogP contribution in [0.5, 0.6) is 0 Å². The molecule has 8 heteroatoms. The number of hydrogen-bond acceptors (Lipinski definition) is 6. The number of carbonyl (C=O) groups is 2. The van der Waals surface area contributed by atoms with E-state index in [1.807, 2.05) is 17.0 Å². The average Bonchev–Trinajstić information content (AvgIpc) is 3.48. The first kappa shape index (κ1) is 22.6. The quantitative estimate of drug-likeness (QED) is 0.722. The van der Waals surface area contributed by atoms with Crippen molar-refractivity contribution in [3.8, 4) is 0 Å². The summed E-state index contributed by atoms with van der Waals surface area (Å²) in [4.78, 5) is 38.5. The number of fused-ring (bicyclic) bond motifs is 1. The van der Waals surface area contributed by atoms with E-state index in [1.165, 1.54) is 0 Å². The van der Waals surface area contributed by atoms with Crippen molar-refractivity contribution < 1.29 is 9.59 Å². The summed E-state index contributed by atoms with van der Waals surface area (Å²) in [6, 6.07) is 8.48. The van der Waals surface area contributed by atoms with Gasteiger partial charge >= 0.3 is 0 Å². The number of amides is 2. The molecule has 5 rings (SSSR count). The van der Waals surface area contributed by atoms with Crippen molar-refractivity contribution in [2.45, 2.75) is 64.5 Å². The standard InChI is InChI=1S/C26H34N6O2/c1-16-14-31(15-17(2)32(16)18(3)33)24-10-6-9-23(30-24)22-13-28-25-21(22)11-20(12-27-25)29-26(34)19-7-4-5-8-19/h6,9-12,16-17,19,22H,4-5,7-8,13-15H2,1-3H3,(H,27,28)(H,29,34)/t16-,17+,22?. The van der Waals surface area contributed by atoms with Crippen LogP contribution >= 0.6 is 0 Å². The van der Waals surface area contributed by atoms with Gasteiger partial charge in [-0.3, -0.25) is 9.59 Å². The zero-order valence-corrected chi connectivity index (χ0v) is 20.3. The fourth-order valence-electron chi connectivity index (χ4n) is 5.91. The monoisotopic (exact) mass is 462 g/mol. The predicted molar refractivity (Wildman–Crippen MR) is 133 cm³/mol. The Morgan fingerprint density at radius 2 is 1.85 bits per heavy atom. The van der Waals surface area contributed by atoms with Gasteiger partial charge in [0.1, 0.15) is 11.6 Å². The van der Waals surface area contributed by atoms with Gasteiger partial charge in [-0.05, 0) is 44.9 Å². The Morgan fingerprint density at radius 3 is 2.56 bits per heavy atom. The Bertz CT molecular complexity index is 1070. The molecular weight excluding hydrogens is 428 g/mol. The van der Waals surface area contributed by atoms with E-state index in [4.69, 9.17) is 4.98 Å². The summed E-state index contributed by atoms with van der Waals surface area (Å²) < 4.78 is 0. The number of pyridine rings is 2. The summed E-state index contributed by atoms with van der Waals surface area (Å²) in [5.41, 5.74) is 2.81. The normalized spacial score (nSPS) is 24.6. The molecule has 1 saturated heterocycles. The van der Waals surface area contributed by atoms with Crippen LogP contribution in [-0.2, 0) is 9.59 Å². The van der Waals surface area contributed by atoms with Crippen molar-refractivity contribution >= 4 is 29.1 Å². The molecule has 0 bridgehead atoms. The van der Waals surface area contributed by atoms with E-state index in [9.17, 15) is 9.59 Å². The minimum Gasteiger partial charge on any atom is -0.369 e. The highest BCUT2D eigenvalue weighted by molar-refractivity contribution is 5.92. The number of aromatic nitrogens is 2. The molecule has 1 aliphatic carbocycles. The zero-order valence-electron chi connectivity index (χ0n) is 20.3. The highest BCUT2D eigenvalue weighted by atomic mass is 16.2. The predicted octanol–water partition coefficient (Wildman–Crippen LogP) is 3.61. The third kappa shape index (κ3) is 4.33. The number of nitrogens with zero attached hydrogens (tertiary/aromatic N) is 4. The molecule has 180 valence electrons. The molecule has 2 aliphatic heterocycles. The zero-order chi connectivity index (χ0) is 23.8. The van der Waals surface area contributed by atoms with Gasteiger partial charge in [-0.15, -0.1) is 0 Å². The van der Waals surface area contributed by atoms with Crippen LogP contribution in [0.3, 0.4) is 0 Å². The molecule has 0 spiro atoms. The van der Waals surface area contributed by atoms with Crippen LogP contribution in [-0.4, -0.2) is 58.4 Å². The van der Waals surface area contributed by atoms with E-state index in [1.54, 1.807) is 13.1 Å². The van der Waals surface area contributed by atoms with E-state index in [2.05, 4.69) is 46.5 Å². The molecule has 34 heavy (non-hydrogen) atoms. The Morgan fingerprint density at radius 1 is 1.12 bits per heavy atom. The van der Waals surface area contributed by atoms with Gasteiger partial charge in [-0.2, -0.15) is 0 Å². The molecular formula is C26H34N6O2. The van der Waals surface area contributed by atoms with Crippen molar-refractivity contribution in [2.75, 3.05) is 35.2 Å². The number of carbonyl (C=O) groups excluding carboxylic acids is 2. The fraction of sp³-hybridized carbons (Fsp3) is 0.538. The summed E-state index contributed by atoms with van der Waals surface area (Å²) in [7, 11) is 0. The van der Waals surface area contributed by atoms with E-state index < -0.39 is 0 Å². The minimum absolute atomic E-state index is 0.0686. The van der Waals surface area contributed by atoms with E-state index in [0.717, 1.165) is 73.9 Å². The van der Waals surface area contributed by atoms with Gasteiger partial charge in [0.2, 0.25) is 11.8 Å². The number of piperazine rings is 1. The van der Waals surface area contributed by atoms with Gasteiger partial charge < -0.3 is 20.4 Å². The van der Waals surface area contributed by atoms with Crippen LogP contribution in [0.1, 0.15) is 63.6 Å². The van der Waals surface area contributed by atoms with Crippen molar-refractivity contribution in [1.82, 2.24) is 14.9 Å². The highest BCUT2D eigenvalue weighted by Crippen LogP contribution is 2.36. The third-order valence-electron chi connectivity index (χ3n) is 7.48. The molecule has 2 amide bonds. The maximum atomic E-state index is 12.6. The average molecular weight is 463 g/mol. The van der Waals surface area contributed by atoms with Crippen LogP contribution < -0.4 is 15.5 Å². The van der Waals surface area contributed by atoms with Gasteiger partial charge in [0.15, 0.2) is 0 Å². The lowest BCUT2D eigenvalue weighted by atomic mass is 9.98. The largest absolute Gasteiger partial charge is 0.369 e. The van der Waals surface area contributed by atoms with Crippen molar-refractivity contribution in [3.05, 3.63) is 41.7 Å². The van der Waals surface area contributed by atoms with Crippen LogP contribution in [0, 0.1) is 5.92 Å². The van der Waals surface area contributed by atoms with Gasteiger partial charge in [-0.25, -0.2) is 9.97 Å². The van der Waals surface area contributed by atoms with E-state index >= 15 is 0 Å². The second-order valence-corrected chi connectivity index (χ2v) is 10.0. The fourth-order valence-corrected chi connectivity index (χ4v) is 5.91. The minimum atomic E-state index is 0.0686. The SMILES string of the molecule is CC(=O)N1[C@H](C)CN(c2cccc(C3CNc4ncc(NC(=O)C5CCCC5)cc43)n2)C[C@@H]1C. The third-order valence-corrected chi connectivity index (χ3v) is 7.48. The Balaban J connectivity index is 1.35. The molecule has 4 heterocycles. The summed E-state index contributed by atoms with van der Waals surface area (Å²) in [5, 5.41) is 6.48. The summed E-state index contributed by atoms with van der Waals surface area (Å²) >= 11 is 0. The summed E-state index contributed by atoms with van der Waals surface area (Å²) in [6.07, 6.45) is 5.96. The van der Waals surface area contributed by atoms with Crippen molar-refractivity contribution in [2.24, 2.45) is 5.92 Å². The molecule has 0 aromatic carbocycles. The molecule has 8 nitrogen and oxygen atoms in total. The molecule has 1 unspecified atom stereocenters. The molecule has 3 atom stereocenters. The highest BCUT2D eigenvalue weighted by Gasteiger charge is 2.33. The molecule has 1 saturated carbocycles. The van der Waals surface area contributed by atoms with Gasteiger partial charge in [0.25, 0.3) is 0 Å². The number of anilines is 3. The van der Waals surface area contributed by atoms with Gasteiger partial charge in [0, 0.05) is 56.0 Å². The van der Waals surface area contributed by atoms with Crippen LogP contribution in [0.4, 0.5) is 17.3 Å². The Hall–Kier alpha value is -3.16. The lowest BCUT2D eigenvalue weighted by molar-refractivity contribution is -0.133. The van der Waals surface area contributed by atoms with Gasteiger partial charge in [-0.1, -0.05) is 18.9 Å². The first-order valence-electron chi connectivity index (χ1n) is 12.5. The smallest absolute Gasteiger partial charge is 0.227 e. The van der Waals surface area contributed by atoms with Crippen molar-refractivity contribution in [1.29, 1.82) is 0 Å². The van der Waals surface area contributed by atoms with Crippen LogP contribution in [0.25, 0.3) is 0 Å². The first-order valence-corrected chi connectivity index (χ1v) is 12.5. The van der Waals surface area contributed by atoms with E-state index in [0.29, 0.717) is 0 Å². The molecule has 3 aliphatic rings. The number of hydrogen-bond donors (Lipinski definition) is 2. The van der Waals surface area contributed by atoms with Gasteiger partial charge in [0.05, 0.1) is 17.6 Å². The lowest BCUT2D eigenvalue weighted by Gasteiger charge is -2.44. The van der Waals surface area contributed by atoms with Crippen molar-refractivity contribution in [3.63, 3.8) is 0 Å². The molecule has 0 radical (unpaired) electrons. The van der Waals surface area contributed by atoms with Crippen LogP contribution in [0.15, 0.2) is 30.5 Å². The molecule has 2 aromatic heterocycles. The molecule has 2 aromatic rings. The molecule has 2 fully saturated rings. The second kappa shape index (κ2) is 9.24. The maximum Gasteiger partial charge on any atom is 0.227 e. The Kier molecular flexibility index (Phi) is 6.15. The topological polar surface area (TPSA) is 90.5 Å². The van der Waals surface area contributed by atoms with E-state index in [-0.39, 0.29) is 35.7 Å². The second-order valence-electron chi connectivity index (χ2n) is 10.0.